The Labute approximate surface area is 102 Å². The number of hydrogen-bond donors (Lipinski definition) is 1. The van der Waals surface area contributed by atoms with Gasteiger partial charge in [-0.15, -0.1) is 0 Å². The lowest BCUT2D eigenvalue weighted by Crippen LogP contribution is -2.16. The van der Waals surface area contributed by atoms with Crippen molar-refractivity contribution in [2.24, 2.45) is 0 Å². The fourth-order valence-corrected chi connectivity index (χ4v) is 1.65. The van der Waals surface area contributed by atoms with Crippen molar-refractivity contribution in [2.75, 3.05) is 0 Å². The largest absolute Gasteiger partial charge is 0.294 e. The average molecular weight is 307 g/mol. The van der Waals surface area contributed by atoms with Crippen LogP contribution in [0.2, 0.25) is 0 Å². The van der Waals surface area contributed by atoms with E-state index >= 15 is 0 Å². The molecule has 17 heavy (non-hydrogen) atoms. The maximum atomic E-state index is 13.4. The molecule has 0 fully saturated rings. The van der Waals surface area contributed by atoms with Gasteiger partial charge in [-0.05, 0) is 22.9 Å². The molecule has 2 aromatic rings. The highest BCUT2D eigenvalue weighted by Gasteiger charge is 2.16. The molecule has 0 radical (unpaired) electrons. The second kappa shape index (κ2) is 4.06. The monoisotopic (exact) mass is 306 g/mol. The third kappa shape index (κ3) is 1.90. The van der Waals surface area contributed by atoms with Crippen LogP contribution in [0.4, 0.5) is 13.2 Å². The van der Waals surface area contributed by atoms with Gasteiger partial charge in [0.15, 0.2) is 17.5 Å². The Hall–Kier alpha value is -1.50. The zero-order chi connectivity index (χ0) is 12.7. The van der Waals surface area contributed by atoms with Crippen molar-refractivity contribution in [1.29, 1.82) is 0 Å². The van der Waals surface area contributed by atoms with Crippen molar-refractivity contribution in [3.05, 3.63) is 50.1 Å². The molecule has 0 aliphatic rings. The van der Waals surface area contributed by atoms with E-state index in [1.54, 1.807) is 6.92 Å². The third-order valence-corrected chi connectivity index (χ3v) is 3.16. The van der Waals surface area contributed by atoms with Crippen molar-refractivity contribution in [1.82, 2.24) is 9.78 Å². The van der Waals surface area contributed by atoms with Gasteiger partial charge in [0.2, 0.25) is 0 Å². The lowest BCUT2D eigenvalue weighted by atomic mass is 10.3. The zero-order valence-corrected chi connectivity index (χ0v) is 10.1. The Bertz CT molecular complexity index is 648. The number of rotatable bonds is 1. The van der Waals surface area contributed by atoms with Crippen LogP contribution in [0.15, 0.2) is 21.4 Å². The molecule has 0 spiro atoms. The van der Waals surface area contributed by atoms with Gasteiger partial charge in [-0.2, -0.15) is 0 Å². The van der Waals surface area contributed by atoms with Crippen molar-refractivity contribution in [3.8, 4) is 5.69 Å². The number of nitrogens with zero attached hydrogens (tertiary/aromatic N) is 1. The van der Waals surface area contributed by atoms with Crippen LogP contribution in [-0.4, -0.2) is 9.78 Å². The van der Waals surface area contributed by atoms with Crippen molar-refractivity contribution in [3.63, 3.8) is 0 Å². The summed E-state index contributed by atoms with van der Waals surface area (Å²) in [5, 5.41) is 2.54. The summed E-state index contributed by atoms with van der Waals surface area (Å²) in [6.45, 7) is 1.58. The Balaban J connectivity index is 2.73. The van der Waals surface area contributed by atoms with Crippen LogP contribution in [0.25, 0.3) is 5.69 Å². The first-order valence-electron chi connectivity index (χ1n) is 4.54. The summed E-state index contributed by atoms with van der Waals surface area (Å²) >= 11 is 3.00. The number of hydrogen-bond acceptors (Lipinski definition) is 1. The number of nitrogens with one attached hydrogen (secondary N) is 1. The van der Waals surface area contributed by atoms with Crippen LogP contribution in [0.5, 0.6) is 0 Å². The molecule has 1 N–H and O–H groups in total. The fourth-order valence-electron chi connectivity index (χ4n) is 1.38. The van der Waals surface area contributed by atoms with Gasteiger partial charge in [0.1, 0.15) is 10.2 Å². The molecule has 1 heterocycles. The minimum Gasteiger partial charge on any atom is -0.294 e. The van der Waals surface area contributed by atoms with Gasteiger partial charge in [0.25, 0.3) is 5.56 Å². The molecule has 90 valence electrons. The first kappa shape index (κ1) is 12.0. The van der Waals surface area contributed by atoms with E-state index in [1.807, 2.05) is 0 Å². The molecular formula is C10H6BrF3N2O. The zero-order valence-electron chi connectivity index (χ0n) is 8.52. The highest BCUT2D eigenvalue weighted by molar-refractivity contribution is 9.10. The van der Waals surface area contributed by atoms with E-state index in [9.17, 15) is 18.0 Å². The molecule has 1 aromatic heterocycles. The summed E-state index contributed by atoms with van der Waals surface area (Å²) in [5.74, 6) is -3.56. The van der Waals surface area contributed by atoms with Crippen LogP contribution >= 0.6 is 15.9 Å². The Kier molecular flexibility index (Phi) is 2.86. The standard InChI is InChI=1S/C10H6BrF3N2O/c1-4-9(11)10(17)16(15-4)8-3-6(13)5(12)2-7(8)14/h2-3,15H,1H3. The molecule has 0 bridgehead atoms. The quantitative estimate of drug-likeness (QED) is 0.808. The minimum atomic E-state index is -1.30. The highest BCUT2D eigenvalue weighted by atomic mass is 79.9. The van der Waals surface area contributed by atoms with Gasteiger partial charge in [0, 0.05) is 17.8 Å². The molecule has 0 saturated heterocycles. The number of H-pyrrole nitrogens is 1. The summed E-state index contributed by atoms with van der Waals surface area (Å²) in [4.78, 5) is 11.6. The van der Waals surface area contributed by atoms with E-state index < -0.39 is 23.0 Å². The van der Waals surface area contributed by atoms with Crippen LogP contribution in [0.3, 0.4) is 0 Å². The molecule has 0 aliphatic carbocycles. The maximum Gasteiger partial charge on any atom is 0.285 e. The first-order chi connectivity index (χ1) is 7.91. The number of benzene rings is 1. The number of aromatic amines is 1. The molecular weight excluding hydrogens is 301 g/mol. The lowest BCUT2D eigenvalue weighted by Gasteiger charge is -2.04. The second-order valence-corrected chi connectivity index (χ2v) is 4.20. The normalized spacial score (nSPS) is 10.9. The van der Waals surface area contributed by atoms with E-state index in [0.29, 0.717) is 17.8 Å². The van der Waals surface area contributed by atoms with Gasteiger partial charge >= 0.3 is 0 Å². The molecule has 3 nitrogen and oxygen atoms in total. The first-order valence-corrected chi connectivity index (χ1v) is 5.33. The Morgan fingerprint density at radius 3 is 2.29 bits per heavy atom. The van der Waals surface area contributed by atoms with E-state index in [4.69, 9.17) is 0 Å². The van der Waals surface area contributed by atoms with Crippen molar-refractivity contribution < 1.29 is 13.2 Å². The van der Waals surface area contributed by atoms with Gasteiger partial charge in [-0.25, -0.2) is 17.9 Å². The third-order valence-electron chi connectivity index (χ3n) is 2.23. The van der Waals surface area contributed by atoms with E-state index in [1.165, 1.54) is 0 Å². The molecule has 0 aliphatic heterocycles. The van der Waals surface area contributed by atoms with E-state index in [2.05, 4.69) is 21.0 Å². The highest BCUT2D eigenvalue weighted by Crippen LogP contribution is 2.18. The van der Waals surface area contributed by atoms with Crippen molar-refractivity contribution in [2.45, 2.75) is 6.92 Å². The van der Waals surface area contributed by atoms with Crippen LogP contribution < -0.4 is 5.56 Å². The fraction of sp³-hybridized carbons (Fsp3) is 0.100. The van der Waals surface area contributed by atoms with Gasteiger partial charge < -0.3 is 0 Å². The average Bonchev–Trinajstić information content (AvgIpc) is 2.51. The Morgan fingerprint density at radius 2 is 1.76 bits per heavy atom. The van der Waals surface area contributed by atoms with Crippen LogP contribution in [0.1, 0.15) is 5.69 Å². The minimum absolute atomic E-state index is 0.210. The predicted molar refractivity (Wildman–Crippen MR) is 58.7 cm³/mol. The summed E-state index contributed by atoms with van der Waals surface area (Å²) in [7, 11) is 0. The van der Waals surface area contributed by atoms with Gasteiger partial charge in [-0.3, -0.25) is 9.89 Å². The summed E-state index contributed by atoms with van der Waals surface area (Å²) in [6, 6.07) is 1.01. The number of halogens is 4. The second-order valence-electron chi connectivity index (χ2n) is 3.41. The number of aryl methyl sites for hydroxylation is 1. The van der Waals surface area contributed by atoms with Gasteiger partial charge in [-0.1, -0.05) is 0 Å². The maximum absolute atomic E-state index is 13.4. The topological polar surface area (TPSA) is 37.8 Å². The van der Waals surface area contributed by atoms with Crippen LogP contribution in [0, 0.1) is 24.4 Å². The lowest BCUT2D eigenvalue weighted by molar-refractivity contribution is 0.491. The van der Waals surface area contributed by atoms with E-state index in [-0.39, 0.29) is 10.2 Å². The summed E-state index contributed by atoms with van der Waals surface area (Å²) < 4.78 is 40.2. The molecule has 0 amide bonds. The molecule has 7 heteroatoms. The summed E-state index contributed by atoms with van der Waals surface area (Å²) in [5.41, 5.74) is -0.491. The molecule has 0 saturated carbocycles. The van der Waals surface area contributed by atoms with E-state index in [0.717, 1.165) is 4.68 Å². The smallest absolute Gasteiger partial charge is 0.285 e. The van der Waals surface area contributed by atoms with Gasteiger partial charge in [0.05, 0.1) is 0 Å². The summed E-state index contributed by atoms with van der Waals surface area (Å²) in [6.07, 6.45) is 0. The SMILES string of the molecule is Cc1[nH]n(-c2cc(F)c(F)cc2F)c(=O)c1Br. The van der Waals surface area contributed by atoms with Crippen molar-refractivity contribution >= 4 is 15.9 Å². The predicted octanol–water partition coefficient (Wildman–Crippen LogP) is 2.65. The number of aromatic nitrogens is 2. The molecule has 2 rings (SSSR count). The Morgan fingerprint density at radius 1 is 1.18 bits per heavy atom. The molecule has 1 aromatic carbocycles. The molecule has 0 unspecified atom stereocenters. The molecule has 0 atom stereocenters. The van der Waals surface area contributed by atoms with Crippen LogP contribution in [-0.2, 0) is 0 Å².